The second kappa shape index (κ2) is 4.19. The molecule has 0 amide bonds. The summed E-state index contributed by atoms with van der Waals surface area (Å²) in [5.74, 6) is 0. The Hall–Kier alpha value is -0.152. The zero-order valence-electron chi connectivity index (χ0n) is 6.25. The molecule has 0 aliphatic rings. The molecule has 0 spiro atoms. The first kappa shape index (κ1) is 9.93. The molecule has 0 saturated carbocycles. The second-order valence-corrected chi connectivity index (χ2v) is 7.68. The third-order valence-electron chi connectivity index (χ3n) is 1.14. The second-order valence-electron chi connectivity index (χ2n) is 2.25. The van der Waals surface area contributed by atoms with Gasteiger partial charge in [-0.1, -0.05) is 0 Å². The molecule has 0 aromatic heterocycles. The number of thioether (sulfide) groups is 1. The van der Waals surface area contributed by atoms with Crippen LogP contribution in [0.3, 0.4) is 0 Å². The Labute approximate surface area is 77.8 Å². The summed E-state index contributed by atoms with van der Waals surface area (Å²) in [5, 5.41) is 0. The van der Waals surface area contributed by atoms with Crippen molar-refractivity contribution < 1.29 is 11.9 Å². The van der Waals surface area contributed by atoms with Crippen molar-refractivity contribution >= 4 is 25.9 Å². The van der Waals surface area contributed by atoms with Gasteiger partial charge in [0.15, 0.2) is 0 Å². The van der Waals surface area contributed by atoms with Crippen molar-refractivity contribution in [2.75, 3.05) is 4.54 Å². The monoisotopic (exact) mass is 248 g/mol. The van der Waals surface area contributed by atoms with E-state index < -0.39 is 14.2 Å². The standard InChI is InChI=1S/C7H9AsO3S/c9-8(10,11)6-12-7-4-2-1-3-5-7/h1-5H,6H2,(H2,9,10,11). The van der Waals surface area contributed by atoms with Crippen LogP contribution in [0.15, 0.2) is 35.2 Å². The molecule has 0 fully saturated rings. The summed E-state index contributed by atoms with van der Waals surface area (Å²) >= 11 is -3.24. The van der Waals surface area contributed by atoms with E-state index in [1.807, 2.05) is 30.3 Å². The Morgan fingerprint density at radius 2 is 1.83 bits per heavy atom. The van der Waals surface area contributed by atoms with Crippen molar-refractivity contribution in [2.45, 2.75) is 4.90 Å². The van der Waals surface area contributed by atoms with E-state index in [-0.39, 0.29) is 4.54 Å². The van der Waals surface area contributed by atoms with Crippen molar-refractivity contribution in [1.29, 1.82) is 0 Å². The van der Waals surface area contributed by atoms with Gasteiger partial charge in [-0.3, -0.25) is 0 Å². The molecule has 0 unspecified atom stereocenters. The predicted octanol–water partition coefficient (Wildman–Crippen LogP) is 0.672. The van der Waals surface area contributed by atoms with E-state index >= 15 is 0 Å². The molecule has 0 aliphatic carbocycles. The molecule has 1 aromatic rings. The number of hydrogen-bond donors (Lipinski definition) is 2. The van der Waals surface area contributed by atoms with Gasteiger partial charge in [-0.25, -0.2) is 0 Å². The quantitative estimate of drug-likeness (QED) is 0.609. The van der Waals surface area contributed by atoms with Gasteiger partial charge >= 0.3 is 77.6 Å². The SMILES string of the molecule is O=[As](O)(O)CSc1ccccc1. The van der Waals surface area contributed by atoms with Crippen LogP contribution < -0.4 is 0 Å². The molecule has 66 valence electrons. The number of rotatable bonds is 3. The fourth-order valence-corrected chi connectivity index (χ4v) is 3.34. The molecular formula is C7H9AsO3S. The van der Waals surface area contributed by atoms with Crippen LogP contribution in [0.25, 0.3) is 0 Å². The summed E-state index contributed by atoms with van der Waals surface area (Å²) in [4.78, 5) is 0.891. The van der Waals surface area contributed by atoms with Gasteiger partial charge in [-0.15, -0.1) is 0 Å². The average molecular weight is 248 g/mol. The molecule has 0 saturated heterocycles. The molecule has 3 nitrogen and oxygen atoms in total. The first-order chi connectivity index (χ1) is 5.58. The summed E-state index contributed by atoms with van der Waals surface area (Å²) in [5.41, 5.74) is 0. The Bertz CT molecular complexity index is 282. The normalized spacial score (nSPS) is 11.5. The molecule has 0 atom stereocenters. The molecule has 12 heavy (non-hydrogen) atoms. The van der Waals surface area contributed by atoms with E-state index in [0.29, 0.717) is 0 Å². The summed E-state index contributed by atoms with van der Waals surface area (Å²) in [6.45, 7) is 0. The van der Waals surface area contributed by atoms with Gasteiger partial charge in [0.25, 0.3) is 0 Å². The van der Waals surface area contributed by atoms with Crippen molar-refractivity contribution in [3.63, 3.8) is 0 Å². The van der Waals surface area contributed by atoms with Crippen LogP contribution in [0.2, 0.25) is 0 Å². The van der Waals surface area contributed by atoms with Crippen molar-refractivity contribution in [2.24, 2.45) is 0 Å². The van der Waals surface area contributed by atoms with Gasteiger partial charge < -0.3 is 0 Å². The maximum atomic E-state index is 10.5. The van der Waals surface area contributed by atoms with Crippen LogP contribution in [-0.4, -0.2) is 26.9 Å². The molecule has 1 aromatic carbocycles. The molecule has 0 heterocycles. The first-order valence-electron chi connectivity index (χ1n) is 3.30. The van der Waals surface area contributed by atoms with Crippen LogP contribution in [0, 0.1) is 0 Å². The summed E-state index contributed by atoms with van der Waals surface area (Å²) in [6.07, 6.45) is 0. The topological polar surface area (TPSA) is 57.5 Å². The van der Waals surface area contributed by atoms with E-state index in [9.17, 15) is 3.74 Å². The van der Waals surface area contributed by atoms with Gasteiger partial charge in [0, 0.05) is 0 Å². The molecule has 0 bridgehead atoms. The van der Waals surface area contributed by atoms with E-state index in [2.05, 4.69) is 0 Å². The van der Waals surface area contributed by atoms with E-state index in [1.54, 1.807) is 0 Å². The molecule has 2 N–H and O–H groups in total. The minimum atomic E-state index is -4.43. The van der Waals surface area contributed by atoms with Gasteiger partial charge in [-0.2, -0.15) is 0 Å². The molecule has 5 heteroatoms. The predicted molar refractivity (Wildman–Crippen MR) is 48.0 cm³/mol. The third-order valence-corrected chi connectivity index (χ3v) is 5.14. The Kier molecular flexibility index (Phi) is 3.47. The summed E-state index contributed by atoms with van der Waals surface area (Å²) in [6, 6.07) is 9.21. The molecule has 0 radical (unpaired) electrons. The van der Waals surface area contributed by atoms with E-state index in [0.717, 1.165) is 4.90 Å². The van der Waals surface area contributed by atoms with Crippen molar-refractivity contribution in [1.82, 2.24) is 0 Å². The Morgan fingerprint density at radius 3 is 2.33 bits per heavy atom. The zero-order valence-corrected chi connectivity index (χ0v) is 8.95. The van der Waals surface area contributed by atoms with Crippen LogP contribution >= 0.6 is 11.8 Å². The van der Waals surface area contributed by atoms with Crippen LogP contribution in [0.4, 0.5) is 0 Å². The van der Waals surface area contributed by atoms with Crippen LogP contribution in [0.5, 0.6) is 0 Å². The zero-order chi connectivity index (χ0) is 9.03. The van der Waals surface area contributed by atoms with E-state index in [4.69, 9.17) is 8.19 Å². The van der Waals surface area contributed by atoms with Crippen molar-refractivity contribution in [3.8, 4) is 0 Å². The molecular weight excluding hydrogens is 239 g/mol. The third kappa shape index (κ3) is 4.02. The van der Waals surface area contributed by atoms with Crippen LogP contribution in [0.1, 0.15) is 0 Å². The minimum absolute atomic E-state index is 0.0950. The summed E-state index contributed by atoms with van der Waals surface area (Å²) in [7, 11) is 0. The molecule has 0 aliphatic heterocycles. The first-order valence-corrected chi connectivity index (χ1v) is 8.06. The fourth-order valence-electron chi connectivity index (χ4n) is 0.675. The van der Waals surface area contributed by atoms with Gasteiger partial charge in [0.2, 0.25) is 0 Å². The maximum absolute atomic E-state index is 10.5. The number of hydrogen-bond acceptors (Lipinski definition) is 2. The Morgan fingerprint density at radius 1 is 1.25 bits per heavy atom. The molecule has 1 rings (SSSR count). The Balaban J connectivity index is 2.50. The van der Waals surface area contributed by atoms with Crippen LogP contribution in [-0.2, 0) is 3.74 Å². The van der Waals surface area contributed by atoms with E-state index in [1.165, 1.54) is 11.8 Å². The average Bonchev–Trinajstić information content (AvgIpc) is 2.02. The van der Waals surface area contributed by atoms with Crippen molar-refractivity contribution in [3.05, 3.63) is 30.3 Å². The number of benzene rings is 1. The van der Waals surface area contributed by atoms with Gasteiger partial charge in [-0.05, 0) is 0 Å². The summed E-state index contributed by atoms with van der Waals surface area (Å²) < 4.78 is 27.7. The fraction of sp³-hybridized carbons (Fsp3) is 0.143. The van der Waals surface area contributed by atoms with Gasteiger partial charge in [0.05, 0.1) is 0 Å². The van der Waals surface area contributed by atoms with Gasteiger partial charge in [0.1, 0.15) is 0 Å².